The highest BCUT2D eigenvalue weighted by atomic mass is 16.4. The Morgan fingerprint density at radius 2 is 2.14 bits per heavy atom. The highest BCUT2D eigenvalue weighted by molar-refractivity contribution is 6.06. The smallest absolute Gasteiger partial charge is 0.351 e. The molecule has 3 N–H and O–H groups in total. The lowest BCUT2D eigenvalue weighted by molar-refractivity contribution is -0.132. The van der Waals surface area contributed by atoms with Crippen molar-refractivity contribution < 1.29 is 14.7 Å². The van der Waals surface area contributed by atoms with Crippen molar-refractivity contribution >= 4 is 11.8 Å². The van der Waals surface area contributed by atoms with E-state index in [2.05, 4.69) is 9.97 Å². The summed E-state index contributed by atoms with van der Waals surface area (Å²) < 4.78 is 0. The molecule has 0 radical (unpaired) electrons. The average molecular weight is 193 g/mol. The molecule has 0 amide bonds. The normalized spacial score (nSPS) is 11.0. The zero-order chi connectivity index (χ0) is 10.6. The molecule has 0 bridgehead atoms. The molecule has 6 nitrogen and oxygen atoms in total. The number of rotatable bonds is 3. The lowest BCUT2D eigenvalue weighted by Gasteiger charge is -1.94. The first kappa shape index (κ1) is 9.85. The van der Waals surface area contributed by atoms with Crippen molar-refractivity contribution in [2.45, 2.75) is 0 Å². The Bertz CT molecular complexity index is 386. The minimum Gasteiger partial charge on any atom is -0.477 e. The van der Waals surface area contributed by atoms with Crippen molar-refractivity contribution in [3.05, 3.63) is 36.1 Å². The number of carboxylic acids is 1. The summed E-state index contributed by atoms with van der Waals surface area (Å²) in [5.74, 6) is -1.93. The molecule has 0 aliphatic carbocycles. The van der Waals surface area contributed by atoms with Crippen molar-refractivity contribution in [3.63, 3.8) is 0 Å². The maximum Gasteiger partial charge on any atom is 0.351 e. The van der Waals surface area contributed by atoms with Gasteiger partial charge in [-0.3, -0.25) is 9.78 Å². The van der Waals surface area contributed by atoms with E-state index in [1.54, 1.807) is 0 Å². The molecule has 14 heavy (non-hydrogen) atoms. The third kappa shape index (κ3) is 2.37. The summed E-state index contributed by atoms with van der Waals surface area (Å²) in [6.07, 6.45) is 4.76. The minimum atomic E-state index is -1.35. The highest BCUT2D eigenvalue weighted by Gasteiger charge is 2.08. The number of carboxylic acid groups (broad SMARTS) is 1. The largest absolute Gasteiger partial charge is 0.477 e. The second kappa shape index (κ2) is 4.13. The molecule has 0 spiro atoms. The number of carbonyl (C=O) groups is 2. The molecule has 0 aliphatic rings. The minimum absolute atomic E-state index is 0.0525. The van der Waals surface area contributed by atoms with Gasteiger partial charge in [-0.25, -0.2) is 9.78 Å². The van der Waals surface area contributed by atoms with Crippen LogP contribution >= 0.6 is 0 Å². The van der Waals surface area contributed by atoms with E-state index >= 15 is 0 Å². The third-order valence-corrected chi connectivity index (χ3v) is 1.35. The van der Waals surface area contributed by atoms with Crippen LogP contribution in [-0.4, -0.2) is 26.8 Å². The van der Waals surface area contributed by atoms with Gasteiger partial charge in [0, 0.05) is 18.5 Å². The van der Waals surface area contributed by atoms with E-state index in [9.17, 15) is 9.59 Å². The fourth-order valence-electron chi connectivity index (χ4n) is 0.703. The van der Waals surface area contributed by atoms with Crippen molar-refractivity contribution in [3.8, 4) is 0 Å². The zero-order valence-corrected chi connectivity index (χ0v) is 7.04. The molecule has 1 aromatic heterocycles. The molecule has 1 aromatic rings. The van der Waals surface area contributed by atoms with Gasteiger partial charge in [-0.2, -0.15) is 0 Å². The molecule has 0 aromatic carbocycles. The SMILES string of the molecule is NC(=CC(=O)c1cnccn1)C(=O)O. The monoisotopic (exact) mass is 193 g/mol. The number of aliphatic carboxylic acids is 1. The van der Waals surface area contributed by atoms with Crippen LogP contribution < -0.4 is 5.73 Å². The van der Waals surface area contributed by atoms with Gasteiger partial charge in [-0.15, -0.1) is 0 Å². The van der Waals surface area contributed by atoms with Crippen LogP contribution in [0.15, 0.2) is 30.4 Å². The summed E-state index contributed by atoms with van der Waals surface area (Å²) in [6, 6.07) is 0. The number of nitrogens with two attached hydrogens (primary N) is 1. The molecule has 0 unspecified atom stereocenters. The molecular formula is C8H7N3O3. The first-order valence-corrected chi connectivity index (χ1v) is 3.62. The molecule has 0 saturated carbocycles. The van der Waals surface area contributed by atoms with Gasteiger partial charge < -0.3 is 10.8 Å². The summed E-state index contributed by atoms with van der Waals surface area (Å²) >= 11 is 0. The Morgan fingerprint density at radius 3 is 2.64 bits per heavy atom. The lowest BCUT2D eigenvalue weighted by atomic mass is 10.2. The summed E-state index contributed by atoms with van der Waals surface area (Å²) in [4.78, 5) is 28.9. The van der Waals surface area contributed by atoms with Gasteiger partial charge in [0.25, 0.3) is 0 Å². The maximum atomic E-state index is 11.2. The van der Waals surface area contributed by atoms with Gasteiger partial charge in [0.1, 0.15) is 11.4 Å². The van der Waals surface area contributed by atoms with E-state index in [-0.39, 0.29) is 5.69 Å². The molecule has 6 heteroatoms. The van der Waals surface area contributed by atoms with Crippen molar-refractivity contribution in [2.75, 3.05) is 0 Å². The molecule has 72 valence electrons. The van der Waals surface area contributed by atoms with Gasteiger partial charge in [-0.05, 0) is 0 Å². The van der Waals surface area contributed by atoms with E-state index < -0.39 is 17.4 Å². The molecule has 0 atom stereocenters. The maximum absolute atomic E-state index is 11.2. The second-order valence-corrected chi connectivity index (χ2v) is 2.36. The summed E-state index contributed by atoms with van der Waals surface area (Å²) in [5.41, 5.74) is 4.57. The van der Waals surface area contributed by atoms with Crippen molar-refractivity contribution in [1.29, 1.82) is 0 Å². The van der Waals surface area contributed by atoms with Crippen LogP contribution in [-0.2, 0) is 4.79 Å². The van der Waals surface area contributed by atoms with Gasteiger partial charge >= 0.3 is 5.97 Å². The summed E-state index contributed by atoms with van der Waals surface area (Å²) in [6.45, 7) is 0. The lowest BCUT2D eigenvalue weighted by Crippen LogP contribution is -2.12. The highest BCUT2D eigenvalue weighted by Crippen LogP contribution is 1.95. The van der Waals surface area contributed by atoms with E-state index in [0.717, 1.165) is 6.08 Å². The number of allylic oxidation sites excluding steroid dienone is 1. The molecule has 0 fully saturated rings. The second-order valence-electron chi connectivity index (χ2n) is 2.36. The summed E-state index contributed by atoms with van der Waals surface area (Å²) in [7, 11) is 0. The summed E-state index contributed by atoms with van der Waals surface area (Å²) in [5, 5.41) is 8.40. The number of nitrogens with zero attached hydrogens (tertiary/aromatic N) is 2. The fraction of sp³-hybridized carbons (Fsp3) is 0. The van der Waals surface area contributed by atoms with Crippen molar-refractivity contribution in [2.24, 2.45) is 5.73 Å². The van der Waals surface area contributed by atoms with E-state index in [0.29, 0.717) is 0 Å². The quantitative estimate of drug-likeness (QED) is 0.499. The number of carbonyl (C=O) groups excluding carboxylic acids is 1. The van der Waals surface area contributed by atoms with Crippen LogP contribution in [0.3, 0.4) is 0 Å². The topological polar surface area (TPSA) is 106 Å². The Labute approximate surface area is 79.1 Å². The van der Waals surface area contributed by atoms with Crippen LogP contribution in [0.5, 0.6) is 0 Å². The standard InChI is InChI=1S/C8H7N3O3/c9-5(8(13)14)3-7(12)6-4-10-1-2-11-6/h1-4H,9H2,(H,13,14). The molecule has 0 aliphatic heterocycles. The third-order valence-electron chi connectivity index (χ3n) is 1.35. The van der Waals surface area contributed by atoms with Crippen LogP contribution in [0.4, 0.5) is 0 Å². The Balaban J connectivity index is 2.88. The van der Waals surface area contributed by atoms with E-state index in [1.165, 1.54) is 18.6 Å². The number of ketones is 1. The van der Waals surface area contributed by atoms with Crippen LogP contribution in [0.25, 0.3) is 0 Å². The van der Waals surface area contributed by atoms with Gasteiger partial charge in [0.05, 0.1) is 6.20 Å². The number of hydrogen-bond acceptors (Lipinski definition) is 5. The Hall–Kier alpha value is -2.24. The van der Waals surface area contributed by atoms with Crippen molar-refractivity contribution in [1.82, 2.24) is 9.97 Å². The Morgan fingerprint density at radius 1 is 1.43 bits per heavy atom. The van der Waals surface area contributed by atoms with Gasteiger partial charge in [-0.1, -0.05) is 0 Å². The number of aromatic nitrogens is 2. The van der Waals surface area contributed by atoms with E-state index in [1.807, 2.05) is 0 Å². The van der Waals surface area contributed by atoms with Crippen LogP contribution in [0.2, 0.25) is 0 Å². The fourth-order valence-corrected chi connectivity index (χ4v) is 0.703. The predicted molar refractivity (Wildman–Crippen MR) is 46.3 cm³/mol. The molecule has 1 heterocycles. The van der Waals surface area contributed by atoms with Crippen LogP contribution in [0.1, 0.15) is 10.5 Å². The number of hydrogen-bond donors (Lipinski definition) is 2. The zero-order valence-electron chi connectivity index (χ0n) is 7.04. The first-order valence-electron chi connectivity index (χ1n) is 3.62. The van der Waals surface area contributed by atoms with E-state index in [4.69, 9.17) is 10.8 Å². The Kier molecular flexibility index (Phi) is 2.90. The van der Waals surface area contributed by atoms with Gasteiger partial charge in [0.15, 0.2) is 0 Å². The predicted octanol–water partition coefficient (Wildman–Crippen LogP) is -0.414. The first-order chi connectivity index (χ1) is 6.61. The van der Waals surface area contributed by atoms with Crippen LogP contribution in [0, 0.1) is 0 Å². The van der Waals surface area contributed by atoms with Gasteiger partial charge in [0.2, 0.25) is 5.78 Å². The molecular weight excluding hydrogens is 186 g/mol. The molecule has 0 saturated heterocycles. The molecule has 1 rings (SSSR count). The average Bonchev–Trinajstić information content (AvgIpc) is 2.19.